The summed E-state index contributed by atoms with van der Waals surface area (Å²) in [4.78, 5) is 12.3. The van der Waals surface area contributed by atoms with Gasteiger partial charge in [0, 0.05) is 0 Å². The standard InChI is InChI=1S/C13H22N2O3/c1-5-10-11(9(4)18-15-10)12(17)14-13(6-2,7-3)8-16/h16H,5-8H2,1-4H3,(H,14,17). The highest BCUT2D eigenvalue weighted by atomic mass is 16.5. The van der Waals surface area contributed by atoms with Crippen molar-refractivity contribution in [3.8, 4) is 0 Å². The van der Waals surface area contributed by atoms with Gasteiger partial charge in [-0.25, -0.2) is 0 Å². The van der Waals surface area contributed by atoms with Crippen LogP contribution >= 0.6 is 0 Å². The number of amides is 1. The molecule has 0 spiro atoms. The lowest BCUT2D eigenvalue weighted by atomic mass is 9.93. The molecule has 2 N–H and O–H groups in total. The number of hydrogen-bond donors (Lipinski definition) is 2. The Morgan fingerprint density at radius 2 is 2.00 bits per heavy atom. The predicted molar refractivity (Wildman–Crippen MR) is 68.5 cm³/mol. The molecule has 1 rings (SSSR count). The first-order chi connectivity index (χ1) is 8.53. The first-order valence-electron chi connectivity index (χ1n) is 6.42. The molecule has 0 bridgehead atoms. The first kappa shape index (κ1) is 14.7. The second kappa shape index (κ2) is 6.00. The summed E-state index contributed by atoms with van der Waals surface area (Å²) in [5, 5.41) is 16.2. The van der Waals surface area contributed by atoms with Gasteiger partial charge in [0.2, 0.25) is 0 Å². The molecule has 5 heteroatoms. The molecule has 1 amide bonds. The number of aliphatic hydroxyl groups is 1. The fourth-order valence-electron chi connectivity index (χ4n) is 1.94. The van der Waals surface area contributed by atoms with Gasteiger partial charge in [-0.3, -0.25) is 4.79 Å². The SMILES string of the molecule is CCc1noc(C)c1C(=O)NC(CC)(CC)CO. The number of hydrogen-bond acceptors (Lipinski definition) is 4. The van der Waals surface area contributed by atoms with Crippen LogP contribution in [-0.4, -0.2) is 28.3 Å². The Balaban J connectivity index is 2.97. The fourth-order valence-corrected chi connectivity index (χ4v) is 1.94. The highest BCUT2D eigenvalue weighted by Crippen LogP contribution is 2.19. The first-order valence-corrected chi connectivity index (χ1v) is 6.42. The lowest BCUT2D eigenvalue weighted by Crippen LogP contribution is -2.50. The zero-order valence-electron chi connectivity index (χ0n) is 11.5. The zero-order chi connectivity index (χ0) is 13.8. The molecule has 0 unspecified atom stereocenters. The van der Waals surface area contributed by atoms with Crippen molar-refractivity contribution in [3.63, 3.8) is 0 Å². The quantitative estimate of drug-likeness (QED) is 0.812. The molecule has 1 aromatic heterocycles. The summed E-state index contributed by atoms with van der Waals surface area (Å²) in [7, 11) is 0. The second-order valence-corrected chi connectivity index (χ2v) is 4.51. The summed E-state index contributed by atoms with van der Waals surface area (Å²) in [6, 6.07) is 0. The smallest absolute Gasteiger partial charge is 0.257 e. The summed E-state index contributed by atoms with van der Waals surface area (Å²) >= 11 is 0. The van der Waals surface area contributed by atoms with E-state index < -0.39 is 5.54 Å². The van der Waals surface area contributed by atoms with Crippen LogP contribution in [0.1, 0.15) is 55.4 Å². The van der Waals surface area contributed by atoms with E-state index in [0.717, 1.165) is 0 Å². The van der Waals surface area contributed by atoms with Gasteiger partial charge in [-0.2, -0.15) is 0 Å². The molecule has 1 heterocycles. The van der Waals surface area contributed by atoms with Gasteiger partial charge in [-0.05, 0) is 26.2 Å². The molecule has 102 valence electrons. The number of nitrogens with one attached hydrogen (secondary N) is 1. The van der Waals surface area contributed by atoms with Crippen LogP contribution in [0.4, 0.5) is 0 Å². The number of aryl methyl sites for hydroxylation is 2. The monoisotopic (exact) mass is 254 g/mol. The minimum absolute atomic E-state index is 0.0719. The van der Waals surface area contributed by atoms with E-state index in [1.54, 1.807) is 6.92 Å². The molecule has 5 nitrogen and oxygen atoms in total. The van der Waals surface area contributed by atoms with Gasteiger partial charge in [0.15, 0.2) is 0 Å². The Labute approximate surface area is 108 Å². The largest absolute Gasteiger partial charge is 0.394 e. The van der Waals surface area contributed by atoms with Crippen molar-refractivity contribution in [3.05, 3.63) is 17.0 Å². The molecule has 0 aliphatic heterocycles. The maximum atomic E-state index is 12.3. The highest BCUT2D eigenvalue weighted by molar-refractivity contribution is 5.96. The molecule has 0 fully saturated rings. The number of carbonyl (C=O) groups excluding carboxylic acids is 1. The topological polar surface area (TPSA) is 75.4 Å². The van der Waals surface area contributed by atoms with Crippen LogP contribution in [0.5, 0.6) is 0 Å². The lowest BCUT2D eigenvalue weighted by molar-refractivity contribution is 0.0815. The van der Waals surface area contributed by atoms with Crippen molar-refractivity contribution in [1.82, 2.24) is 10.5 Å². The third-order valence-corrected chi connectivity index (χ3v) is 3.53. The average Bonchev–Trinajstić information content (AvgIpc) is 2.77. The molecule has 0 saturated carbocycles. The van der Waals surface area contributed by atoms with E-state index in [-0.39, 0.29) is 12.5 Å². The third kappa shape index (κ3) is 2.72. The predicted octanol–water partition coefficient (Wildman–Crippen LogP) is 1.83. The van der Waals surface area contributed by atoms with E-state index in [4.69, 9.17) is 4.52 Å². The van der Waals surface area contributed by atoms with Crippen molar-refractivity contribution < 1.29 is 14.4 Å². The lowest BCUT2D eigenvalue weighted by Gasteiger charge is -2.30. The molecule has 0 aliphatic rings. The van der Waals surface area contributed by atoms with Crippen LogP contribution < -0.4 is 5.32 Å². The van der Waals surface area contributed by atoms with E-state index in [1.807, 2.05) is 20.8 Å². The third-order valence-electron chi connectivity index (χ3n) is 3.53. The summed E-state index contributed by atoms with van der Waals surface area (Å²) in [5.74, 6) is 0.298. The minimum Gasteiger partial charge on any atom is -0.394 e. The van der Waals surface area contributed by atoms with E-state index >= 15 is 0 Å². The van der Waals surface area contributed by atoms with Crippen LogP contribution in [0.15, 0.2) is 4.52 Å². The van der Waals surface area contributed by atoms with Gasteiger partial charge < -0.3 is 14.9 Å². The number of carbonyl (C=O) groups is 1. The molecule has 0 atom stereocenters. The molecule has 0 saturated heterocycles. The van der Waals surface area contributed by atoms with Gasteiger partial charge in [0.1, 0.15) is 11.3 Å². The van der Waals surface area contributed by atoms with Crippen molar-refractivity contribution in [2.75, 3.05) is 6.61 Å². The number of aliphatic hydroxyl groups excluding tert-OH is 1. The van der Waals surface area contributed by atoms with Crippen LogP contribution in [-0.2, 0) is 6.42 Å². The summed E-state index contributed by atoms with van der Waals surface area (Å²) in [5.41, 5.74) is 0.590. The van der Waals surface area contributed by atoms with Crippen molar-refractivity contribution in [1.29, 1.82) is 0 Å². The van der Waals surface area contributed by atoms with Crippen LogP contribution in [0.2, 0.25) is 0 Å². The summed E-state index contributed by atoms with van der Waals surface area (Å²) in [6.07, 6.45) is 2.00. The second-order valence-electron chi connectivity index (χ2n) is 4.51. The Morgan fingerprint density at radius 1 is 1.39 bits per heavy atom. The van der Waals surface area contributed by atoms with Gasteiger partial charge in [-0.15, -0.1) is 0 Å². The maximum Gasteiger partial charge on any atom is 0.257 e. The van der Waals surface area contributed by atoms with Crippen molar-refractivity contribution in [2.45, 2.75) is 52.5 Å². The van der Waals surface area contributed by atoms with Gasteiger partial charge in [0.05, 0.1) is 17.8 Å². The number of aromatic nitrogens is 1. The van der Waals surface area contributed by atoms with E-state index in [2.05, 4.69) is 10.5 Å². The van der Waals surface area contributed by atoms with E-state index in [9.17, 15) is 9.90 Å². The van der Waals surface area contributed by atoms with Gasteiger partial charge in [-0.1, -0.05) is 25.9 Å². The molecule has 18 heavy (non-hydrogen) atoms. The minimum atomic E-state index is -0.564. The molecular weight excluding hydrogens is 232 g/mol. The Hall–Kier alpha value is -1.36. The van der Waals surface area contributed by atoms with Crippen LogP contribution in [0, 0.1) is 6.92 Å². The van der Waals surface area contributed by atoms with Crippen LogP contribution in [0.25, 0.3) is 0 Å². The molecule has 1 aromatic rings. The molecule has 0 radical (unpaired) electrons. The van der Waals surface area contributed by atoms with Gasteiger partial charge >= 0.3 is 0 Å². The normalized spacial score (nSPS) is 11.6. The summed E-state index contributed by atoms with van der Waals surface area (Å²) < 4.78 is 5.05. The average molecular weight is 254 g/mol. The Morgan fingerprint density at radius 3 is 2.44 bits per heavy atom. The van der Waals surface area contributed by atoms with Crippen LogP contribution in [0.3, 0.4) is 0 Å². The number of rotatable bonds is 6. The maximum absolute atomic E-state index is 12.3. The highest BCUT2D eigenvalue weighted by Gasteiger charge is 2.30. The van der Waals surface area contributed by atoms with Gasteiger partial charge in [0.25, 0.3) is 5.91 Å². The molecule has 0 aliphatic carbocycles. The van der Waals surface area contributed by atoms with E-state index in [1.165, 1.54) is 0 Å². The fraction of sp³-hybridized carbons (Fsp3) is 0.692. The van der Waals surface area contributed by atoms with E-state index in [0.29, 0.717) is 36.3 Å². The Kier molecular flexibility index (Phi) is 4.90. The van der Waals surface area contributed by atoms with Crippen molar-refractivity contribution >= 4 is 5.91 Å². The number of nitrogens with zero attached hydrogens (tertiary/aromatic N) is 1. The van der Waals surface area contributed by atoms with Crippen molar-refractivity contribution in [2.24, 2.45) is 0 Å². The molecular formula is C13H22N2O3. The zero-order valence-corrected chi connectivity index (χ0v) is 11.5. The Bertz CT molecular complexity index is 400. The summed E-state index contributed by atoms with van der Waals surface area (Å²) in [6.45, 7) is 7.46. The molecule has 0 aromatic carbocycles.